The van der Waals surface area contributed by atoms with Gasteiger partial charge in [0.15, 0.2) is 17.3 Å². The van der Waals surface area contributed by atoms with E-state index in [9.17, 15) is 18.4 Å². The van der Waals surface area contributed by atoms with Crippen molar-refractivity contribution < 1.29 is 13.6 Å². The Labute approximate surface area is 206 Å². The molecule has 2 atom stereocenters. The molecule has 2 aliphatic heterocycles. The van der Waals surface area contributed by atoms with Crippen molar-refractivity contribution in [3.05, 3.63) is 64.2 Å². The normalized spacial score (nSPS) is 22.4. The smallest absolute Gasteiger partial charge is 0.327 e. The Morgan fingerprint density at radius 3 is 2.72 bits per heavy atom. The fourth-order valence-electron chi connectivity index (χ4n) is 5.32. The number of nitrogens with zero attached hydrogens (tertiary/aromatic N) is 4. The molecule has 36 heavy (non-hydrogen) atoms. The second-order valence-corrected chi connectivity index (χ2v) is 9.30. The molecule has 11 heteroatoms. The quantitative estimate of drug-likeness (QED) is 0.517. The van der Waals surface area contributed by atoms with Crippen molar-refractivity contribution in [1.29, 1.82) is 0 Å². The van der Waals surface area contributed by atoms with Gasteiger partial charge in [-0.15, -0.1) is 0 Å². The third kappa shape index (κ3) is 4.57. The number of pyridine rings is 1. The molecule has 0 aliphatic carbocycles. The van der Waals surface area contributed by atoms with Gasteiger partial charge in [0.05, 0.1) is 11.6 Å². The van der Waals surface area contributed by atoms with Gasteiger partial charge in [0.1, 0.15) is 5.84 Å². The highest BCUT2D eigenvalue weighted by Crippen LogP contribution is 2.28. The molecule has 190 valence electrons. The van der Waals surface area contributed by atoms with E-state index in [1.165, 1.54) is 6.07 Å². The lowest BCUT2D eigenvalue weighted by atomic mass is 9.93. The molecule has 2 saturated heterocycles. The van der Waals surface area contributed by atoms with Crippen LogP contribution in [-0.4, -0.2) is 64.0 Å². The standard InChI is InChI=1S/C25H29F2N7O2/c1-28-22-19(8-7-15(14-30-22)17-4-2-5-18(26)21(17)27)31-24(35)33-12-9-16(10-13-33)34-20-6-3-11-29-23(20)32-25(34)36/h2-6,11,15-16,19H,7-10,12-14H2,1H3,(H,28,30)(H,31,35)(H,29,32,36)/t15-,19-/m1/s1. The van der Waals surface area contributed by atoms with Gasteiger partial charge in [-0.25, -0.2) is 23.4 Å². The number of fused-ring (bicyclic) bond motifs is 1. The molecule has 0 radical (unpaired) electrons. The van der Waals surface area contributed by atoms with E-state index < -0.39 is 11.6 Å². The number of hydrogen-bond donors (Lipinski definition) is 3. The molecule has 9 nitrogen and oxygen atoms in total. The third-order valence-electron chi connectivity index (χ3n) is 7.23. The predicted octanol–water partition coefficient (Wildman–Crippen LogP) is 2.91. The number of carbonyl (C=O) groups is 1. The number of benzene rings is 1. The van der Waals surface area contributed by atoms with Gasteiger partial charge in [-0.3, -0.25) is 14.5 Å². The Hall–Kier alpha value is -3.76. The lowest BCUT2D eigenvalue weighted by Crippen LogP contribution is -2.52. The van der Waals surface area contributed by atoms with Crippen molar-refractivity contribution in [1.82, 2.24) is 30.1 Å². The number of aromatic amines is 1. The van der Waals surface area contributed by atoms with Crippen molar-refractivity contribution in [2.45, 2.75) is 43.7 Å². The molecule has 2 aromatic heterocycles. The molecule has 4 heterocycles. The van der Waals surface area contributed by atoms with Crippen LogP contribution in [0.25, 0.3) is 11.2 Å². The van der Waals surface area contributed by atoms with Crippen LogP contribution in [0.1, 0.15) is 43.2 Å². The molecule has 2 fully saturated rings. The highest BCUT2D eigenvalue weighted by Gasteiger charge is 2.31. The van der Waals surface area contributed by atoms with Gasteiger partial charge in [-0.2, -0.15) is 0 Å². The zero-order valence-corrected chi connectivity index (χ0v) is 20.0. The van der Waals surface area contributed by atoms with Crippen LogP contribution in [0, 0.1) is 11.6 Å². The largest absolute Gasteiger partial charge is 0.371 e. The lowest BCUT2D eigenvalue weighted by Gasteiger charge is -2.33. The Bertz CT molecular complexity index is 1340. The Kier molecular flexibility index (Phi) is 6.71. The van der Waals surface area contributed by atoms with Crippen LogP contribution in [-0.2, 0) is 0 Å². The van der Waals surface area contributed by atoms with Gasteiger partial charge < -0.3 is 15.5 Å². The number of hydrogen-bond acceptors (Lipinski definition) is 4. The Morgan fingerprint density at radius 2 is 1.94 bits per heavy atom. The van der Waals surface area contributed by atoms with E-state index >= 15 is 0 Å². The fourth-order valence-corrected chi connectivity index (χ4v) is 5.32. The van der Waals surface area contributed by atoms with E-state index in [-0.39, 0.29) is 29.7 Å². The van der Waals surface area contributed by atoms with Crippen molar-refractivity contribution in [2.75, 3.05) is 26.7 Å². The fraction of sp³-hybridized carbons (Fsp3) is 0.440. The number of H-pyrrole nitrogens is 1. The zero-order valence-electron chi connectivity index (χ0n) is 20.0. The van der Waals surface area contributed by atoms with E-state index in [2.05, 4.69) is 25.6 Å². The summed E-state index contributed by atoms with van der Waals surface area (Å²) in [5, 5.41) is 6.27. The molecule has 3 aromatic rings. The number of piperidine rings is 1. The summed E-state index contributed by atoms with van der Waals surface area (Å²) in [5.74, 6) is -1.30. The maximum Gasteiger partial charge on any atom is 0.327 e. The third-order valence-corrected chi connectivity index (χ3v) is 7.23. The average Bonchev–Trinajstić information content (AvgIpc) is 3.09. The molecule has 0 bridgehead atoms. The first-order chi connectivity index (χ1) is 17.5. The highest BCUT2D eigenvalue weighted by molar-refractivity contribution is 5.91. The number of urea groups is 1. The maximum absolute atomic E-state index is 14.4. The summed E-state index contributed by atoms with van der Waals surface area (Å²) in [5.41, 5.74) is 1.47. The number of aliphatic imine (C=N–C) groups is 1. The monoisotopic (exact) mass is 497 g/mol. The predicted molar refractivity (Wildman–Crippen MR) is 132 cm³/mol. The van der Waals surface area contributed by atoms with E-state index in [0.29, 0.717) is 62.4 Å². The zero-order chi connectivity index (χ0) is 25.2. The Morgan fingerprint density at radius 1 is 1.14 bits per heavy atom. The first-order valence-electron chi connectivity index (χ1n) is 12.2. The van der Waals surface area contributed by atoms with Crippen LogP contribution in [0.4, 0.5) is 13.6 Å². The van der Waals surface area contributed by atoms with Crippen LogP contribution >= 0.6 is 0 Å². The molecule has 5 rings (SSSR count). The summed E-state index contributed by atoms with van der Waals surface area (Å²) in [6.45, 7) is 1.41. The number of carbonyl (C=O) groups excluding carboxylic acids is 1. The molecular formula is C25H29F2N7O2. The highest BCUT2D eigenvalue weighted by atomic mass is 19.2. The number of likely N-dealkylation sites (tertiary alicyclic amines) is 1. The molecule has 3 N–H and O–H groups in total. The van der Waals surface area contributed by atoms with E-state index in [4.69, 9.17) is 0 Å². The van der Waals surface area contributed by atoms with Gasteiger partial charge in [-0.1, -0.05) is 12.1 Å². The van der Waals surface area contributed by atoms with Crippen molar-refractivity contribution in [3.8, 4) is 0 Å². The maximum atomic E-state index is 14.4. The molecule has 0 saturated carbocycles. The SMILES string of the molecule is CN=C1NC[C@H](c2cccc(F)c2F)CC[C@H]1NC(=O)N1CCC(n2c(=O)[nH]c3ncccc32)CC1. The molecule has 2 amide bonds. The minimum Gasteiger partial charge on any atom is -0.371 e. The van der Waals surface area contributed by atoms with Gasteiger partial charge >= 0.3 is 11.7 Å². The molecular weight excluding hydrogens is 468 g/mol. The Balaban J connectivity index is 1.22. The van der Waals surface area contributed by atoms with Gasteiger partial charge in [0.2, 0.25) is 0 Å². The van der Waals surface area contributed by atoms with E-state index in [1.54, 1.807) is 34.8 Å². The average molecular weight is 498 g/mol. The minimum atomic E-state index is -0.861. The van der Waals surface area contributed by atoms with Crippen molar-refractivity contribution >= 4 is 23.0 Å². The summed E-state index contributed by atoms with van der Waals surface area (Å²) >= 11 is 0. The minimum absolute atomic E-state index is 0.0197. The van der Waals surface area contributed by atoms with Crippen LogP contribution in [0.5, 0.6) is 0 Å². The summed E-state index contributed by atoms with van der Waals surface area (Å²) in [6, 6.07) is 7.31. The lowest BCUT2D eigenvalue weighted by molar-refractivity contribution is 0.170. The molecule has 0 spiro atoms. The molecule has 1 aromatic carbocycles. The first kappa shape index (κ1) is 24.0. The summed E-state index contributed by atoms with van der Waals surface area (Å²) in [6.07, 6.45) is 4.04. The number of amides is 2. The number of rotatable bonds is 3. The summed E-state index contributed by atoms with van der Waals surface area (Å²) in [4.78, 5) is 38.6. The number of imidazole rings is 1. The first-order valence-corrected chi connectivity index (χ1v) is 12.2. The molecule has 0 unspecified atom stereocenters. The van der Waals surface area contributed by atoms with E-state index in [0.717, 1.165) is 11.6 Å². The van der Waals surface area contributed by atoms with Gasteiger partial charge in [0.25, 0.3) is 0 Å². The topological polar surface area (TPSA) is 107 Å². The van der Waals surface area contributed by atoms with Crippen LogP contribution in [0.2, 0.25) is 0 Å². The number of aromatic nitrogens is 3. The summed E-state index contributed by atoms with van der Waals surface area (Å²) in [7, 11) is 1.64. The second-order valence-electron chi connectivity index (χ2n) is 9.30. The van der Waals surface area contributed by atoms with Gasteiger partial charge in [-0.05, 0) is 49.4 Å². The van der Waals surface area contributed by atoms with Crippen molar-refractivity contribution in [3.63, 3.8) is 0 Å². The summed E-state index contributed by atoms with van der Waals surface area (Å²) < 4.78 is 29.8. The van der Waals surface area contributed by atoms with Crippen LogP contribution < -0.4 is 16.3 Å². The van der Waals surface area contributed by atoms with E-state index in [1.807, 2.05) is 6.07 Å². The second kappa shape index (κ2) is 10.1. The number of nitrogens with one attached hydrogen (secondary N) is 3. The molecule has 2 aliphatic rings. The van der Waals surface area contributed by atoms with Crippen molar-refractivity contribution in [2.24, 2.45) is 4.99 Å². The number of amidine groups is 1. The number of halogens is 2. The van der Waals surface area contributed by atoms with Crippen LogP contribution in [0.15, 0.2) is 46.3 Å². The van der Waals surface area contributed by atoms with Gasteiger partial charge in [0, 0.05) is 44.8 Å². The van der Waals surface area contributed by atoms with Crippen LogP contribution in [0.3, 0.4) is 0 Å².